The second kappa shape index (κ2) is 3.31. The van der Waals surface area contributed by atoms with Gasteiger partial charge in [0, 0.05) is 18.3 Å². The van der Waals surface area contributed by atoms with Crippen molar-refractivity contribution < 1.29 is 9.90 Å². The van der Waals surface area contributed by atoms with E-state index >= 15 is 0 Å². The van der Waals surface area contributed by atoms with Crippen LogP contribution in [0.3, 0.4) is 0 Å². The molecule has 0 bridgehead atoms. The number of hydrogen-bond donors (Lipinski definition) is 3. The number of carboxylic acid groups (broad SMARTS) is 1. The van der Waals surface area contributed by atoms with Crippen molar-refractivity contribution in [3.8, 4) is 0 Å². The predicted octanol–water partition coefficient (Wildman–Crippen LogP) is 0.680. The summed E-state index contributed by atoms with van der Waals surface area (Å²) in [5.41, 5.74) is 8.07. The molecular formula is C10H12N2O2. The summed E-state index contributed by atoms with van der Waals surface area (Å²) in [5.74, 6) is -0.899. The Kier molecular flexibility index (Phi) is 2.13. The number of anilines is 1. The number of fused-ring (bicyclic) bond motifs is 1. The molecule has 1 aliphatic heterocycles. The lowest BCUT2D eigenvalue weighted by atomic mass is 9.98. The second-order valence-electron chi connectivity index (χ2n) is 3.52. The Morgan fingerprint density at radius 1 is 1.57 bits per heavy atom. The van der Waals surface area contributed by atoms with Gasteiger partial charge in [0.15, 0.2) is 0 Å². The van der Waals surface area contributed by atoms with E-state index in [4.69, 9.17) is 10.8 Å². The summed E-state index contributed by atoms with van der Waals surface area (Å²) in [4.78, 5) is 10.7. The van der Waals surface area contributed by atoms with E-state index in [1.54, 1.807) is 12.1 Å². The summed E-state index contributed by atoms with van der Waals surface area (Å²) in [6.07, 6.45) is 0.808. The summed E-state index contributed by atoms with van der Waals surface area (Å²) in [6, 6.07) is 5.22. The fourth-order valence-corrected chi connectivity index (χ4v) is 1.65. The molecule has 14 heavy (non-hydrogen) atoms. The van der Waals surface area contributed by atoms with Crippen molar-refractivity contribution in [2.75, 3.05) is 11.9 Å². The van der Waals surface area contributed by atoms with E-state index in [9.17, 15) is 4.79 Å². The minimum absolute atomic E-state index is 0.123. The summed E-state index contributed by atoms with van der Waals surface area (Å²) in [5, 5.41) is 11.9. The molecule has 0 fully saturated rings. The van der Waals surface area contributed by atoms with Crippen LogP contribution in [0, 0.1) is 0 Å². The second-order valence-corrected chi connectivity index (χ2v) is 3.52. The Morgan fingerprint density at radius 3 is 3.07 bits per heavy atom. The molecule has 1 aromatic carbocycles. The minimum Gasteiger partial charge on any atom is -0.478 e. The molecule has 0 saturated carbocycles. The topological polar surface area (TPSA) is 75.3 Å². The van der Waals surface area contributed by atoms with Gasteiger partial charge in [-0.1, -0.05) is 6.07 Å². The smallest absolute Gasteiger partial charge is 0.335 e. The van der Waals surface area contributed by atoms with Crippen molar-refractivity contribution in [1.82, 2.24) is 0 Å². The molecule has 0 amide bonds. The molecule has 2 rings (SSSR count). The summed E-state index contributed by atoms with van der Waals surface area (Å²) < 4.78 is 0. The molecule has 74 valence electrons. The zero-order valence-electron chi connectivity index (χ0n) is 7.66. The molecule has 4 nitrogen and oxygen atoms in total. The lowest BCUT2D eigenvalue weighted by Gasteiger charge is -2.23. The first kappa shape index (κ1) is 9.02. The van der Waals surface area contributed by atoms with Gasteiger partial charge in [-0.3, -0.25) is 0 Å². The number of carbonyl (C=O) groups is 1. The third-order valence-corrected chi connectivity index (χ3v) is 2.39. The van der Waals surface area contributed by atoms with Gasteiger partial charge in [0.2, 0.25) is 0 Å². The molecule has 1 atom stereocenters. The zero-order chi connectivity index (χ0) is 10.1. The number of benzene rings is 1. The van der Waals surface area contributed by atoms with Gasteiger partial charge in [0.25, 0.3) is 0 Å². The maximum atomic E-state index is 10.7. The monoisotopic (exact) mass is 192 g/mol. The average Bonchev–Trinajstić information content (AvgIpc) is 2.16. The molecule has 4 heteroatoms. The Morgan fingerprint density at radius 2 is 2.36 bits per heavy atom. The van der Waals surface area contributed by atoms with E-state index in [1.165, 1.54) is 0 Å². The Bertz CT molecular complexity index is 376. The number of nitrogens with two attached hydrogens (primary N) is 1. The molecule has 0 radical (unpaired) electrons. The maximum Gasteiger partial charge on any atom is 0.335 e. The van der Waals surface area contributed by atoms with Gasteiger partial charge in [-0.25, -0.2) is 4.79 Å². The minimum atomic E-state index is -0.899. The number of nitrogens with one attached hydrogen (secondary N) is 1. The van der Waals surface area contributed by atoms with Crippen LogP contribution in [0.4, 0.5) is 5.69 Å². The van der Waals surface area contributed by atoms with Gasteiger partial charge in [0.1, 0.15) is 0 Å². The largest absolute Gasteiger partial charge is 0.478 e. The fourth-order valence-electron chi connectivity index (χ4n) is 1.65. The highest BCUT2D eigenvalue weighted by Gasteiger charge is 2.15. The first-order chi connectivity index (χ1) is 6.66. The van der Waals surface area contributed by atoms with Crippen LogP contribution < -0.4 is 11.1 Å². The fraction of sp³-hybridized carbons (Fsp3) is 0.300. The molecule has 1 heterocycles. The van der Waals surface area contributed by atoms with Crippen LogP contribution in [0.5, 0.6) is 0 Å². The highest BCUT2D eigenvalue weighted by atomic mass is 16.4. The first-order valence-corrected chi connectivity index (χ1v) is 4.52. The van der Waals surface area contributed by atoms with E-state index in [0.29, 0.717) is 12.1 Å². The first-order valence-electron chi connectivity index (χ1n) is 4.52. The normalized spacial score (nSPS) is 19.6. The van der Waals surface area contributed by atoms with Crippen LogP contribution in [-0.2, 0) is 6.42 Å². The predicted molar refractivity (Wildman–Crippen MR) is 53.6 cm³/mol. The summed E-state index contributed by atoms with van der Waals surface area (Å²) in [6.45, 7) is 0.704. The number of hydrogen-bond acceptors (Lipinski definition) is 3. The van der Waals surface area contributed by atoms with Crippen LogP contribution in [0.2, 0.25) is 0 Å². The number of aromatic carboxylic acids is 1. The molecule has 0 aromatic heterocycles. The van der Waals surface area contributed by atoms with E-state index in [1.807, 2.05) is 6.07 Å². The lowest BCUT2D eigenvalue weighted by molar-refractivity contribution is 0.0697. The third-order valence-electron chi connectivity index (χ3n) is 2.39. The quantitative estimate of drug-likeness (QED) is 0.611. The van der Waals surface area contributed by atoms with Gasteiger partial charge < -0.3 is 16.2 Å². The van der Waals surface area contributed by atoms with Crippen molar-refractivity contribution in [2.45, 2.75) is 12.5 Å². The van der Waals surface area contributed by atoms with Crippen LogP contribution in [0.1, 0.15) is 15.9 Å². The molecule has 0 saturated heterocycles. The summed E-state index contributed by atoms with van der Waals surface area (Å²) >= 11 is 0. The van der Waals surface area contributed by atoms with Crippen LogP contribution in [0.25, 0.3) is 0 Å². The Labute approximate surface area is 81.7 Å². The summed E-state index contributed by atoms with van der Waals surface area (Å²) in [7, 11) is 0. The molecule has 4 N–H and O–H groups in total. The van der Waals surface area contributed by atoms with Crippen molar-refractivity contribution in [2.24, 2.45) is 5.73 Å². The maximum absolute atomic E-state index is 10.7. The van der Waals surface area contributed by atoms with Gasteiger partial charge in [-0.15, -0.1) is 0 Å². The van der Waals surface area contributed by atoms with E-state index in [-0.39, 0.29) is 6.04 Å². The van der Waals surface area contributed by atoms with Gasteiger partial charge >= 0.3 is 5.97 Å². The molecular weight excluding hydrogens is 180 g/mol. The van der Waals surface area contributed by atoms with Crippen molar-refractivity contribution in [1.29, 1.82) is 0 Å². The highest BCUT2D eigenvalue weighted by Crippen LogP contribution is 2.22. The molecule has 1 aliphatic rings. The lowest BCUT2D eigenvalue weighted by Crippen LogP contribution is -2.35. The molecule has 1 aromatic rings. The van der Waals surface area contributed by atoms with Crippen molar-refractivity contribution >= 4 is 11.7 Å². The van der Waals surface area contributed by atoms with Crippen molar-refractivity contribution in [3.63, 3.8) is 0 Å². The van der Waals surface area contributed by atoms with Crippen molar-refractivity contribution in [3.05, 3.63) is 29.3 Å². The van der Waals surface area contributed by atoms with Crippen LogP contribution in [-0.4, -0.2) is 23.7 Å². The molecule has 0 aliphatic carbocycles. The van der Waals surface area contributed by atoms with E-state index in [0.717, 1.165) is 17.7 Å². The van der Waals surface area contributed by atoms with Gasteiger partial charge in [0.05, 0.1) is 5.56 Å². The molecule has 0 spiro atoms. The van der Waals surface area contributed by atoms with E-state index in [2.05, 4.69) is 5.32 Å². The molecule has 1 unspecified atom stereocenters. The zero-order valence-corrected chi connectivity index (χ0v) is 7.66. The standard InChI is InChI=1S/C10H12N2O2/c11-8-3-6-1-2-7(10(13)14)4-9(6)12-5-8/h1-2,4,8,12H,3,5,11H2,(H,13,14). The van der Waals surface area contributed by atoms with Gasteiger partial charge in [-0.05, 0) is 24.1 Å². The SMILES string of the molecule is NC1CNc2cc(C(=O)O)ccc2C1. The average molecular weight is 192 g/mol. The van der Waals surface area contributed by atoms with Gasteiger partial charge in [-0.2, -0.15) is 0 Å². The highest BCUT2D eigenvalue weighted by molar-refractivity contribution is 5.89. The Balaban J connectivity index is 2.36. The van der Waals surface area contributed by atoms with Crippen LogP contribution in [0.15, 0.2) is 18.2 Å². The third kappa shape index (κ3) is 1.56. The number of carboxylic acids is 1. The van der Waals surface area contributed by atoms with Crippen LogP contribution >= 0.6 is 0 Å². The van der Waals surface area contributed by atoms with E-state index < -0.39 is 5.97 Å². The number of rotatable bonds is 1. The Hall–Kier alpha value is -1.55.